The molecule has 0 amide bonds. The van der Waals surface area contributed by atoms with E-state index in [0.29, 0.717) is 11.5 Å². The average Bonchev–Trinajstić information content (AvgIpc) is 2.73. The van der Waals surface area contributed by atoms with Crippen LogP contribution in [-0.2, 0) is 13.0 Å². The summed E-state index contributed by atoms with van der Waals surface area (Å²) in [7, 11) is 0. The number of aryl methyl sites for hydroxylation is 1. The molecule has 1 aromatic heterocycles. The van der Waals surface area contributed by atoms with Crippen molar-refractivity contribution in [3.8, 4) is 0 Å². The van der Waals surface area contributed by atoms with Gasteiger partial charge in [0.1, 0.15) is 12.2 Å². The van der Waals surface area contributed by atoms with Crippen molar-refractivity contribution in [3.05, 3.63) is 12.2 Å². The number of hydrogen-bond donors (Lipinski definition) is 1. The van der Waals surface area contributed by atoms with Gasteiger partial charge in [0.2, 0.25) is 0 Å². The molecule has 0 aliphatic heterocycles. The molecule has 0 saturated heterocycles. The van der Waals surface area contributed by atoms with E-state index in [4.69, 9.17) is 0 Å². The van der Waals surface area contributed by atoms with E-state index in [1.54, 1.807) is 6.33 Å². The maximum Gasteiger partial charge on any atom is 0.138 e. The second-order valence-corrected chi connectivity index (χ2v) is 6.07. The fourth-order valence-corrected chi connectivity index (χ4v) is 2.86. The van der Waals surface area contributed by atoms with Gasteiger partial charge >= 0.3 is 0 Å². The molecular weight excluding hydrogens is 224 g/mol. The number of likely N-dealkylation sites (N-methyl/N-ethyl adjacent to an activating group) is 1. The molecule has 4 nitrogen and oxygen atoms in total. The summed E-state index contributed by atoms with van der Waals surface area (Å²) in [4.78, 5) is 4.43. The van der Waals surface area contributed by atoms with Gasteiger partial charge in [0.25, 0.3) is 0 Å². The fraction of sp³-hybridized carbons (Fsp3) is 0.857. The first-order valence-electron chi connectivity index (χ1n) is 7.18. The fourth-order valence-electron chi connectivity index (χ4n) is 2.86. The normalized spacial score (nSPS) is 23.0. The molecular formula is C14H26N4. The van der Waals surface area contributed by atoms with E-state index in [1.165, 1.54) is 6.42 Å². The first-order chi connectivity index (χ1) is 8.58. The minimum atomic E-state index is 0.502. The summed E-state index contributed by atoms with van der Waals surface area (Å²) in [5.74, 6) is 1.91. The number of rotatable bonds is 7. The van der Waals surface area contributed by atoms with Crippen molar-refractivity contribution in [2.45, 2.75) is 59.5 Å². The molecule has 2 unspecified atom stereocenters. The molecule has 1 aromatic rings. The van der Waals surface area contributed by atoms with Gasteiger partial charge in [0, 0.05) is 19.0 Å². The van der Waals surface area contributed by atoms with Gasteiger partial charge in [-0.05, 0) is 30.7 Å². The van der Waals surface area contributed by atoms with E-state index < -0.39 is 0 Å². The molecule has 18 heavy (non-hydrogen) atoms. The van der Waals surface area contributed by atoms with E-state index in [-0.39, 0.29) is 0 Å². The monoisotopic (exact) mass is 250 g/mol. The largest absolute Gasteiger partial charge is 0.314 e. The van der Waals surface area contributed by atoms with Crippen LogP contribution in [0, 0.1) is 11.3 Å². The van der Waals surface area contributed by atoms with Gasteiger partial charge in [0.05, 0.1) is 0 Å². The third-order valence-electron chi connectivity index (χ3n) is 4.08. The van der Waals surface area contributed by atoms with Gasteiger partial charge in [-0.25, -0.2) is 4.98 Å². The van der Waals surface area contributed by atoms with Crippen LogP contribution >= 0.6 is 0 Å². The molecule has 1 N–H and O–H groups in total. The lowest BCUT2D eigenvalue weighted by Gasteiger charge is -2.19. The van der Waals surface area contributed by atoms with Crippen LogP contribution in [0.25, 0.3) is 0 Å². The van der Waals surface area contributed by atoms with Crippen molar-refractivity contribution in [2.24, 2.45) is 11.3 Å². The molecule has 1 heterocycles. The van der Waals surface area contributed by atoms with Crippen molar-refractivity contribution >= 4 is 0 Å². The molecule has 0 bridgehead atoms. The van der Waals surface area contributed by atoms with Gasteiger partial charge in [-0.2, -0.15) is 5.10 Å². The van der Waals surface area contributed by atoms with E-state index >= 15 is 0 Å². The standard InChI is InChI=1S/C14H26N4/c1-5-7-18-13(16-10-17-18)8-12(15-6-2)11-9-14(11,3)4/h10-12,15H,5-9H2,1-4H3. The molecule has 2 rings (SSSR count). The van der Waals surface area contributed by atoms with E-state index in [1.807, 2.05) is 0 Å². The van der Waals surface area contributed by atoms with E-state index in [2.05, 4.69) is 47.8 Å². The third kappa shape index (κ3) is 2.91. The highest BCUT2D eigenvalue weighted by Crippen LogP contribution is 2.53. The van der Waals surface area contributed by atoms with Crippen molar-refractivity contribution in [2.75, 3.05) is 6.54 Å². The maximum absolute atomic E-state index is 4.43. The van der Waals surface area contributed by atoms with Crippen LogP contribution in [0.2, 0.25) is 0 Å². The van der Waals surface area contributed by atoms with Gasteiger partial charge in [-0.1, -0.05) is 27.7 Å². The Hall–Kier alpha value is -0.900. The highest BCUT2D eigenvalue weighted by molar-refractivity contribution is 5.05. The van der Waals surface area contributed by atoms with Gasteiger partial charge < -0.3 is 5.32 Å². The summed E-state index contributed by atoms with van der Waals surface area (Å²) in [5.41, 5.74) is 0.502. The predicted molar refractivity (Wildman–Crippen MR) is 73.4 cm³/mol. The van der Waals surface area contributed by atoms with Crippen molar-refractivity contribution < 1.29 is 0 Å². The Balaban J connectivity index is 2.02. The molecule has 0 radical (unpaired) electrons. The maximum atomic E-state index is 4.43. The highest BCUT2D eigenvalue weighted by Gasteiger charge is 2.49. The van der Waals surface area contributed by atoms with Crippen LogP contribution in [0.5, 0.6) is 0 Å². The topological polar surface area (TPSA) is 42.7 Å². The second-order valence-electron chi connectivity index (χ2n) is 6.07. The highest BCUT2D eigenvalue weighted by atomic mass is 15.3. The molecule has 1 fully saturated rings. The lowest BCUT2D eigenvalue weighted by molar-refractivity contribution is 0.395. The summed E-state index contributed by atoms with van der Waals surface area (Å²) < 4.78 is 2.06. The lowest BCUT2D eigenvalue weighted by Crippen LogP contribution is -2.35. The molecule has 0 spiro atoms. The van der Waals surface area contributed by atoms with E-state index in [9.17, 15) is 0 Å². The summed E-state index contributed by atoms with van der Waals surface area (Å²) >= 11 is 0. The Morgan fingerprint density at radius 3 is 2.78 bits per heavy atom. The minimum absolute atomic E-state index is 0.502. The zero-order valence-corrected chi connectivity index (χ0v) is 12.1. The number of nitrogens with one attached hydrogen (secondary N) is 1. The van der Waals surface area contributed by atoms with Gasteiger partial charge in [-0.3, -0.25) is 4.68 Å². The van der Waals surface area contributed by atoms with Crippen molar-refractivity contribution in [1.82, 2.24) is 20.1 Å². The summed E-state index contributed by atoms with van der Waals surface area (Å²) in [5, 5.41) is 7.94. The van der Waals surface area contributed by atoms with Crippen LogP contribution in [0.1, 0.15) is 46.4 Å². The Morgan fingerprint density at radius 1 is 1.50 bits per heavy atom. The van der Waals surface area contributed by atoms with Crippen LogP contribution in [-0.4, -0.2) is 27.4 Å². The molecule has 1 saturated carbocycles. The summed E-state index contributed by atoms with van der Waals surface area (Å²) in [6, 6.07) is 0.546. The summed E-state index contributed by atoms with van der Waals surface area (Å²) in [6.45, 7) is 11.1. The quantitative estimate of drug-likeness (QED) is 0.807. The van der Waals surface area contributed by atoms with Crippen molar-refractivity contribution in [1.29, 1.82) is 0 Å². The predicted octanol–water partition coefficient (Wildman–Crippen LogP) is 2.25. The number of nitrogens with zero attached hydrogens (tertiary/aromatic N) is 3. The zero-order valence-electron chi connectivity index (χ0n) is 12.1. The summed E-state index contributed by atoms with van der Waals surface area (Å²) in [6.07, 6.45) is 5.12. The lowest BCUT2D eigenvalue weighted by atomic mass is 10.0. The first-order valence-corrected chi connectivity index (χ1v) is 7.18. The molecule has 4 heteroatoms. The Labute approximate surface area is 110 Å². The van der Waals surface area contributed by atoms with Crippen LogP contribution < -0.4 is 5.32 Å². The third-order valence-corrected chi connectivity index (χ3v) is 4.08. The Kier molecular flexibility index (Phi) is 4.05. The minimum Gasteiger partial charge on any atom is -0.314 e. The van der Waals surface area contributed by atoms with Gasteiger partial charge in [0.15, 0.2) is 0 Å². The van der Waals surface area contributed by atoms with Crippen LogP contribution in [0.3, 0.4) is 0 Å². The molecule has 1 aliphatic rings. The van der Waals surface area contributed by atoms with Gasteiger partial charge in [-0.15, -0.1) is 0 Å². The van der Waals surface area contributed by atoms with Crippen LogP contribution in [0.4, 0.5) is 0 Å². The smallest absolute Gasteiger partial charge is 0.138 e. The second kappa shape index (κ2) is 5.39. The molecule has 1 aliphatic carbocycles. The Bertz CT molecular complexity index is 383. The molecule has 0 aromatic carbocycles. The molecule has 102 valence electrons. The SMILES string of the molecule is CCCn1ncnc1CC(NCC)C1CC1(C)C. The number of hydrogen-bond acceptors (Lipinski definition) is 3. The van der Waals surface area contributed by atoms with Crippen LogP contribution in [0.15, 0.2) is 6.33 Å². The Morgan fingerprint density at radius 2 is 2.22 bits per heavy atom. The van der Waals surface area contributed by atoms with Crippen molar-refractivity contribution in [3.63, 3.8) is 0 Å². The zero-order chi connectivity index (χ0) is 13.2. The average molecular weight is 250 g/mol. The van der Waals surface area contributed by atoms with E-state index in [0.717, 1.165) is 37.7 Å². The molecule has 2 atom stereocenters. The number of aromatic nitrogens is 3. The first kappa shape index (κ1) is 13.5.